The van der Waals surface area contributed by atoms with Gasteiger partial charge in [0.15, 0.2) is 0 Å². The topological polar surface area (TPSA) is 52.3 Å². The Bertz CT molecular complexity index is 352. The fourth-order valence-corrected chi connectivity index (χ4v) is 1.24. The van der Waals surface area contributed by atoms with Gasteiger partial charge in [-0.15, -0.1) is 0 Å². The van der Waals surface area contributed by atoms with Crippen LogP contribution in [0.1, 0.15) is 17.2 Å². The second kappa shape index (κ2) is 4.44. The number of benzene rings is 1. The van der Waals surface area contributed by atoms with Gasteiger partial charge in [-0.05, 0) is 24.1 Å². The predicted octanol–water partition coefficient (Wildman–Crippen LogP) is 1.82. The Labute approximate surface area is 87.8 Å². The Morgan fingerprint density at radius 3 is 2.71 bits per heavy atom. The summed E-state index contributed by atoms with van der Waals surface area (Å²) in [4.78, 5) is 11.1. The van der Waals surface area contributed by atoms with E-state index in [-0.39, 0.29) is 0 Å². The lowest BCUT2D eigenvalue weighted by atomic mass is 10.1. The van der Waals surface area contributed by atoms with Crippen LogP contribution in [0.5, 0.6) is 0 Å². The summed E-state index contributed by atoms with van der Waals surface area (Å²) in [6, 6.07) is 4.48. The first kappa shape index (κ1) is 11.0. The van der Waals surface area contributed by atoms with Gasteiger partial charge in [0.1, 0.15) is 6.04 Å². The summed E-state index contributed by atoms with van der Waals surface area (Å²) in [7, 11) is 1.31. The van der Waals surface area contributed by atoms with Gasteiger partial charge in [-0.1, -0.05) is 23.7 Å². The molecule has 1 atom stereocenters. The molecule has 1 unspecified atom stereocenters. The number of hydrogen-bond donors (Lipinski definition) is 1. The van der Waals surface area contributed by atoms with Crippen LogP contribution in [0, 0.1) is 6.92 Å². The summed E-state index contributed by atoms with van der Waals surface area (Å²) in [6.45, 7) is 1.86. The first-order chi connectivity index (χ1) is 6.56. The number of rotatable bonds is 2. The highest BCUT2D eigenvalue weighted by Crippen LogP contribution is 2.20. The van der Waals surface area contributed by atoms with Crippen molar-refractivity contribution in [2.45, 2.75) is 13.0 Å². The Morgan fingerprint density at radius 2 is 2.21 bits per heavy atom. The number of carbonyl (C=O) groups is 1. The molecule has 14 heavy (non-hydrogen) atoms. The number of methoxy groups -OCH3 is 1. The zero-order chi connectivity index (χ0) is 10.7. The summed E-state index contributed by atoms with van der Waals surface area (Å²) in [6.07, 6.45) is 0. The number of esters is 1. The van der Waals surface area contributed by atoms with E-state index in [0.717, 1.165) is 5.56 Å². The van der Waals surface area contributed by atoms with Crippen molar-refractivity contribution in [3.63, 3.8) is 0 Å². The molecule has 0 saturated carbocycles. The number of halogens is 1. The van der Waals surface area contributed by atoms with E-state index >= 15 is 0 Å². The SMILES string of the molecule is COC(=O)C(N)c1ccc(Cl)c(C)c1. The molecule has 2 N–H and O–H groups in total. The van der Waals surface area contributed by atoms with Crippen LogP contribution in [0.3, 0.4) is 0 Å². The van der Waals surface area contributed by atoms with Crippen LogP contribution in [0.15, 0.2) is 18.2 Å². The number of hydrogen-bond acceptors (Lipinski definition) is 3. The lowest BCUT2D eigenvalue weighted by Gasteiger charge is -2.10. The molecule has 0 spiro atoms. The highest BCUT2D eigenvalue weighted by molar-refractivity contribution is 6.31. The Kier molecular flexibility index (Phi) is 3.49. The largest absolute Gasteiger partial charge is 0.468 e. The quantitative estimate of drug-likeness (QED) is 0.763. The third kappa shape index (κ3) is 2.25. The zero-order valence-electron chi connectivity index (χ0n) is 8.08. The predicted molar refractivity (Wildman–Crippen MR) is 55.1 cm³/mol. The van der Waals surface area contributed by atoms with Crippen molar-refractivity contribution in [1.29, 1.82) is 0 Å². The number of aryl methyl sites for hydroxylation is 1. The Morgan fingerprint density at radius 1 is 1.57 bits per heavy atom. The monoisotopic (exact) mass is 213 g/mol. The molecule has 0 fully saturated rings. The second-order valence-corrected chi connectivity index (χ2v) is 3.42. The molecule has 1 rings (SSSR count). The van der Waals surface area contributed by atoms with Crippen molar-refractivity contribution >= 4 is 17.6 Å². The van der Waals surface area contributed by atoms with Crippen LogP contribution >= 0.6 is 11.6 Å². The molecule has 4 heteroatoms. The van der Waals surface area contributed by atoms with Gasteiger partial charge in [-0.3, -0.25) is 4.79 Å². The second-order valence-electron chi connectivity index (χ2n) is 3.01. The van der Waals surface area contributed by atoms with Crippen LogP contribution in [0.25, 0.3) is 0 Å². The molecule has 0 aromatic heterocycles. The van der Waals surface area contributed by atoms with E-state index in [1.807, 2.05) is 6.92 Å². The maximum absolute atomic E-state index is 11.1. The van der Waals surface area contributed by atoms with Crippen LogP contribution in [-0.2, 0) is 9.53 Å². The van der Waals surface area contributed by atoms with Gasteiger partial charge in [0.2, 0.25) is 0 Å². The number of nitrogens with two attached hydrogens (primary N) is 1. The molecule has 0 heterocycles. The molecule has 0 aliphatic carbocycles. The smallest absolute Gasteiger partial charge is 0.327 e. The van der Waals surface area contributed by atoms with Gasteiger partial charge in [0, 0.05) is 5.02 Å². The summed E-state index contributed by atoms with van der Waals surface area (Å²) < 4.78 is 4.54. The molecule has 76 valence electrons. The average Bonchev–Trinajstić information content (AvgIpc) is 2.20. The third-order valence-electron chi connectivity index (χ3n) is 2.00. The van der Waals surface area contributed by atoms with Crippen molar-refractivity contribution in [3.8, 4) is 0 Å². The van der Waals surface area contributed by atoms with Crippen LogP contribution in [-0.4, -0.2) is 13.1 Å². The first-order valence-corrected chi connectivity index (χ1v) is 4.53. The molecule has 3 nitrogen and oxygen atoms in total. The first-order valence-electron chi connectivity index (χ1n) is 4.15. The molecule has 1 aromatic carbocycles. The van der Waals surface area contributed by atoms with Gasteiger partial charge < -0.3 is 10.5 Å². The van der Waals surface area contributed by atoms with Gasteiger partial charge in [0.05, 0.1) is 7.11 Å². The van der Waals surface area contributed by atoms with Gasteiger partial charge in [-0.2, -0.15) is 0 Å². The average molecular weight is 214 g/mol. The Hall–Kier alpha value is -1.06. The van der Waals surface area contributed by atoms with Crippen LogP contribution < -0.4 is 5.73 Å². The Balaban J connectivity index is 2.96. The summed E-state index contributed by atoms with van der Waals surface area (Å²) in [5, 5.41) is 0.658. The normalized spacial score (nSPS) is 12.3. The molecule has 0 aliphatic heterocycles. The van der Waals surface area contributed by atoms with Crippen molar-refractivity contribution in [1.82, 2.24) is 0 Å². The molecule has 0 amide bonds. The maximum Gasteiger partial charge on any atom is 0.327 e. The highest BCUT2D eigenvalue weighted by Gasteiger charge is 2.16. The minimum atomic E-state index is -0.740. The summed E-state index contributed by atoms with van der Waals surface area (Å²) in [5.74, 6) is -0.452. The van der Waals surface area contributed by atoms with Crippen LogP contribution in [0.2, 0.25) is 5.02 Å². The number of ether oxygens (including phenoxy) is 1. The van der Waals surface area contributed by atoms with Gasteiger partial charge >= 0.3 is 5.97 Å². The van der Waals surface area contributed by atoms with E-state index < -0.39 is 12.0 Å². The van der Waals surface area contributed by atoms with E-state index in [1.54, 1.807) is 18.2 Å². The molecular formula is C10H12ClNO2. The lowest BCUT2D eigenvalue weighted by molar-refractivity contribution is -0.142. The third-order valence-corrected chi connectivity index (χ3v) is 2.42. The molecular weight excluding hydrogens is 202 g/mol. The molecule has 0 aliphatic rings. The maximum atomic E-state index is 11.1. The summed E-state index contributed by atoms with van der Waals surface area (Å²) >= 11 is 5.84. The summed E-state index contributed by atoms with van der Waals surface area (Å²) in [5.41, 5.74) is 7.25. The molecule has 0 radical (unpaired) electrons. The lowest BCUT2D eigenvalue weighted by Crippen LogP contribution is -2.22. The van der Waals surface area contributed by atoms with Crippen LogP contribution in [0.4, 0.5) is 0 Å². The minimum absolute atomic E-state index is 0.452. The highest BCUT2D eigenvalue weighted by atomic mass is 35.5. The van der Waals surface area contributed by atoms with Crippen molar-refractivity contribution in [2.24, 2.45) is 5.73 Å². The van der Waals surface area contributed by atoms with E-state index in [0.29, 0.717) is 10.6 Å². The molecule has 0 saturated heterocycles. The van der Waals surface area contributed by atoms with Crippen molar-refractivity contribution < 1.29 is 9.53 Å². The molecule has 1 aromatic rings. The number of carbonyl (C=O) groups excluding carboxylic acids is 1. The van der Waals surface area contributed by atoms with E-state index in [1.165, 1.54) is 7.11 Å². The van der Waals surface area contributed by atoms with Crippen molar-refractivity contribution in [2.75, 3.05) is 7.11 Å². The van der Waals surface area contributed by atoms with Crippen molar-refractivity contribution in [3.05, 3.63) is 34.3 Å². The van der Waals surface area contributed by atoms with Gasteiger partial charge in [-0.25, -0.2) is 0 Å². The van der Waals surface area contributed by atoms with Gasteiger partial charge in [0.25, 0.3) is 0 Å². The van der Waals surface area contributed by atoms with E-state index in [2.05, 4.69) is 4.74 Å². The van der Waals surface area contributed by atoms with E-state index in [4.69, 9.17) is 17.3 Å². The standard InChI is InChI=1S/C10H12ClNO2/c1-6-5-7(3-4-8(6)11)9(12)10(13)14-2/h3-5,9H,12H2,1-2H3. The molecule has 0 bridgehead atoms. The van der Waals surface area contributed by atoms with E-state index in [9.17, 15) is 4.79 Å². The fourth-order valence-electron chi connectivity index (χ4n) is 1.12. The minimum Gasteiger partial charge on any atom is -0.468 e. The fraction of sp³-hybridized carbons (Fsp3) is 0.300. The zero-order valence-corrected chi connectivity index (χ0v) is 8.84.